The average Bonchev–Trinajstić information content (AvgIpc) is 2.55. The van der Waals surface area contributed by atoms with Crippen LogP contribution in [0.3, 0.4) is 0 Å². The lowest BCUT2D eigenvalue weighted by molar-refractivity contribution is 0.000615. The molecule has 0 fully saturated rings. The van der Waals surface area contributed by atoms with Gasteiger partial charge in [0.15, 0.2) is 11.9 Å². The summed E-state index contributed by atoms with van der Waals surface area (Å²) in [5.74, 6) is 1.20. The number of benzene rings is 1. The number of rotatable bonds is 4. The normalized spacial score (nSPS) is 17.2. The van der Waals surface area contributed by atoms with Crippen molar-refractivity contribution in [3.8, 4) is 17.1 Å². The third-order valence-corrected chi connectivity index (χ3v) is 3.82. The summed E-state index contributed by atoms with van der Waals surface area (Å²) in [6.07, 6.45) is 3.20. The zero-order chi connectivity index (χ0) is 15.5. The molecule has 1 atom stereocenters. The van der Waals surface area contributed by atoms with Gasteiger partial charge in [-0.25, -0.2) is 18.7 Å². The van der Waals surface area contributed by atoms with Crippen molar-refractivity contribution in [3.63, 3.8) is 0 Å². The fourth-order valence-corrected chi connectivity index (χ4v) is 2.65. The number of hydrogen-bond acceptors (Lipinski definition) is 3. The molecule has 1 aromatic carbocycles. The van der Waals surface area contributed by atoms with Gasteiger partial charge in [-0.15, -0.1) is 0 Å². The molecule has 0 saturated heterocycles. The molecule has 116 valence electrons. The van der Waals surface area contributed by atoms with Crippen molar-refractivity contribution in [2.45, 2.75) is 45.1 Å². The van der Waals surface area contributed by atoms with E-state index in [-0.39, 0.29) is 0 Å². The van der Waals surface area contributed by atoms with Crippen molar-refractivity contribution >= 4 is 0 Å². The molecule has 0 N–H and O–H groups in total. The maximum absolute atomic E-state index is 12.7. The van der Waals surface area contributed by atoms with Crippen LogP contribution >= 0.6 is 0 Å². The van der Waals surface area contributed by atoms with E-state index in [0.29, 0.717) is 24.4 Å². The smallest absolute Gasteiger partial charge is 0.274 e. The van der Waals surface area contributed by atoms with E-state index in [4.69, 9.17) is 4.74 Å². The third-order valence-electron chi connectivity index (χ3n) is 3.82. The van der Waals surface area contributed by atoms with Gasteiger partial charge in [-0.2, -0.15) is 0 Å². The van der Waals surface area contributed by atoms with Crippen LogP contribution in [0.1, 0.15) is 30.9 Å². The van der Waals surface area contributed by atoms with Gasteiger partial charge in [-0.1, -0.05) is 13.3 Å². The van der Waals surface area contributed by atoms with Crippen LogP contribution in [0.15, 0.2) is 30.6 Å². The summed E-state index contributed by atoms with van der Waals surface area (Å²) in [4.78, 5) is 8.78. The molecule has 1 aliphatic heterocycles. The van der Waals surface area contributed by atoms with Gasteiger partial charge in [0.1, 0.15) is 5.75 Å². The van der Waals surface area contributed by atoms with Crippen molar-refractivity contribution in [2.24, 2.45) is 0 Å². The first-order chi connectivity index (χ1) is 10.7. The molecule has 0 spiro atoms. The summed E-state index contributed by atoms with van der Waals surface area (Å²) < 4.78 is 30.8. The van der Waals surface area contributed by atoms with Crippen molar-refractivity contribution in [1.29, 1.82) is 0 Å². The van der Waals surface area contributed by atoms with Crippen LogP contribution in [0.25, 0.3) is 11.4 Å². The summed E-state index contributed by atoms with van der Waals surface area (Å²) in [6, 6.07) is 5.50. The topological polar surface area (TPSA) is 35.0 Å². The second-order valence-electron chi connectivity index (χ2n) is 5.52. The first-order valence-corrected chi connectivity index (χ1v) is 7.56. The first-order valence-electron chi connectivity index (χ1n) is 7.56. The number of halogens is 2. The van der Waals surface area contributed by atoms with Crippen LogP contribution < -0.4 is 4.74 Å². The minimum absolute atomic E-state index is 0.338. The summed E-state index contributed by atoms with van der Waals surface area (Å²) in [6.45, 7) is 2.12. The van der Waals surface area contributed by atoms with Crippen molar-refractivity contribution in [1.82, 2.24) is 9.97 Å². The van der Waals surface area contributed by atoms with Gasteiger partial charge in [0.05, 0.1) is 0 Å². The number of nitrogens with zero attached hydrogens (tertiary/aromatic N) is 2. The van der Waals surface area contributed by atoms with Crippen molar-refractivity contribution < 1.29 is 13.5 Å². The highest BCUT2D eigenvalue weighted by atomic mass is 19.3. The summed E-state index contributed by atoms with van der Waals surface area (Å²) in [5.41, 5.74) is 2.95. The molecule has 22 heavy (non-hydrogen) atoms. The maximum atomic E-state index is 12.7. The van der Waals surface area contributed by atoms with E-state index in [0.717, 1.165) is 29.5 Å². The van der Waals surface area contributed by atoms with Crippen LogP contribution in [0.4, 0.5) is 8.78 Å². The monoisotopic (exact) mass is 304 g/mol. The first kappa shape index (κ1) is 14.9. The molecule has 0 radical (unpaired) electrons. The molecule has 3 rings (SSSR count). The fraction of sp³-hybridized carbons (Fsp3) is 0.412. The average molecular weight is 304 g/mol. The second kappa shape index (κ2) is 6.38. The zero-order valence-corrected chi connectivity index (χ0v) is 12.4. The number of aromatic nitrogens is 2. The predicted octanol–water partition coefficient (Wildman–Crippen LogP) is 4.05. The Hall–Kier alpha value is -2.04. The van der Waals surface area contributed by atoms with Gasteiger partial charge in [0.25, 0.3) is 6.43 Å². The standard InChI is InChI=1S/C17H18F2N2O/c1-2-3-11-9-20-17(21-10-11)13-5-6-14-12(8-13)4-7-15(22-14)16(18)19/h5-6,8-10,15-16H,2-4,7H2,1H3. The fourth-order valence-electron chi connectivity index (χ4n) is 2.65. The minimum atomic E-state index is -2.44. The van der Waals surface area contributed by atoms with Gasteiger partial charge >= 0.3 is 0 Å². The van der Waals surface area contributed by atoms with Crippen molar-refractivity contribution in [2.75, 3.05) is 0 Å². The predicted molar refractivity (Wildman–Crippen MR) is 80.2 cm³/mol. The number of alkyl halides is 2. The number of hydrogen-bond donors (Lipinski definition) is 0. The lowest BCUT2D eigenvalue weighted by Crippen LogP contribution is -2.29. The SMILES string of the molecule is CCCc1cnc(-c2ccc3c(c2)CCC(C(F)F)O3)nc1. The lowest BCUT2D eigenvalue weighted by Gasteiger charge is -2.25. The maximum Gasteiger partial charge on any atom is 0.274 e. The molecule has 2 aromatic rings. The van der Waals surface area contributed by atoms with E-state index in [2.05, 4.69) is 16.9 Å². The van der Waals surface area contributed by atoms with Gasteiger partial charge < -0.3 is 4.74 Å². The Labute approximate surface area is 128 Å². The molecular formula is C17H18F2N2O. The Morgan fingerprint density at radius 3 is 2.73 bits per heavy atom. The molecule has 0 saturated carbocycles. The van der Waals surface area contributed by atoms with E-state index < -0.39 is 12.5 Å². The molecule has 0 bridgehead atoms. The molecule has 1 unspecified atom stereocenters. The van der Waals surface area contributed by atoms with Crippen LogP contribution in [-0.4, -0.2) is 22.5 Å². The molecule has 0 aliphatic carbocycles. The Morgan fingerprint density at radius 2 is 2.05 bits per heavy atom. The Morgan fingerprint density at radius 1 is 1.27 bits per heavy atom. The van der Waals surface area contributed by atoms with Crippen LogP contribution in [0.2, 0.25) is 0 Å². The van der Waals surface area contributed by atoms with Gasteiger partial charge in [-0.3, -0.25) is 0 Å². The van der Waals surface area contributed by atoms with E-state index in [9.17, 15) is 8.78 Å². The molecular weight excluding hydrogens is 286 g/mol. The molecule has 1 aromatic heterocycles. The van der Waals surface area contributed by atoms with Gasteiger partial charge in [-0.05, 0) is 48.6 Å². The van der Waals surface area contributed by atoms with Crippen molar-refractivity contribution in [3.05, 3.63) is 41.7 Å². The highest BCUT2D eigenvalue weighted by Gasteiger charge is 2.27. The molecule has 3 nitrogen and oxygen atoms in total. The molecule has 2 heterocycles. The highest BCUT2D eigenvalue weighted by molar-refractivity contribution is 5.59. The summed E-state index contributed by atoms with van der Waals surface area (Å²) in [7, 11) is 0. The highest BCUT2D eigenvalue weighted by Crippen LogP contribution is 2.32. The van der Waals surface area contributed by atoms with Gasteiger partial charge in [0, 0.05) is 18.0 Å². The van der Waals surface area contributed by atoms with E-state index >= 15 is 0 Å². The summed E-state index contributed by atoms with van der Waals surface area (Å²) in [5, 5.41) is 0. The number of aryl methyl sites for hydroxylation is 2. The number of fused-ring (bicyclic) bond motifs is 1. The van der Waals surface area contributed by atoms with Gasteiger partial charge in [0.2, 0.25) is 0 Å². The third kappa shape index (κ3) is 3.08. The Kier molecular flexibility index (Phi) is 4.32. The van der Waals surface area contributed by atoms with E-state index in [1.54, 1.807) is 6.07 Å². The number of ether oxygens (including phenoxy) is 1. The van der Waals surface area contributed by atoms with E-state index in [1.807, 2.05) is 24.5 Å². The quantitative estimate of drug-likeness (QED) is 0.854. The van der Waals surface area contributed by atoms with Crippen LogP contribution in [0.5, 0.6) is 5.75 Å². The Balaban J connectivity index is 1.82. The lowest BCUT2D eigenvalue weighted by atomic mass is 10.00. The zero-order valence-electron chi connectivity index (χ0n) is 12.4. The largest absolute Gasteiger partial charge is 0.484 e. The Bertz CT molecular complexity index is 644. The molecule has 1 aliphatic rings. The minimum Gasteiger partial charge on any atom is -0.484 e. The van der Waals surface area contributed by atoms with Crippen LogP contribution in [-0.2, 0) is 12.8 Å². The van der Waals surface area contributed by atoms with E-state index in [1.165, 1.54) is 0 Å². The summed E-state index contributed by atoms with van der Waals surface area (Å²) >= 11 is 0. The molecule has 5 heteroatoms. The molecule has 0 amide bonds. The second-order valence-corrected chi connectivity index (χ2v) is 5.52. The van der Waals surface area contributed by atoms with Crippen LogP contribution in [0, 0.1) is 0 Å².